The van der Waals surface area contributed by atoms with E-state index in [4.69, 9.17) is 10.9 Å². The van der Waals surface area contributed by atoms with Crippen LogP contribution in [0.15, 0.2) is 23.1 Å². The SMILES string of the molecule is Nc1ccc(N2CCN(C3CC3)CC2)c(S(N)(=O)=O)c1. The molecule has 0 radical (unpaired) electrons. The van der Waals surface area contributed by atoms with Crippen molar-refractivity contribution in [3.05, 3.63) is 18.2 Å². The van der Waals surface area contributed by atoms with Crippen LogP contribution in [0.3, 0.4) is 0 Å². The summed E-state index contributed by atoms with van der Waals surface area (Å²) < 4.78 is 23.4. The minimum Gasteiger partial charge on any atom is -0.399 e. The van der Waals surface area contributed by atoms with E-state index >= 15 is 0 Å². The number of nitrogen functional groups attached to an aromatic ring is 1. The molecule has 2 aliphatic rings. The fourth-order valence-electron chi connectivity index (χ4n) is 2.79. The number of rotatable bonds is 3. The highest BCUT2D eigenvalue weighted by atomic mass is 32.2. The number of hydrogen-bond acceptors (Lipinski definition) is 5. The summed E-state index contributed by atoms with van der Waals surface area (Å²) in [4.78, 5) is 4.68. The molecule has 3 rings (SSSR count). The molecule has 6 nitrogen and oxygen atoms in total. The van der Waals surface area contributed by atoms with Crippen LogP contribution in [0.4, 0.5) is 11.4 Å². The van der Waals surface area contributed by atoms with Crippen molar-refractivity contribution in [3.8, 4) is 0 Å². The Kier molecular flexibility index (Phi) is 3.35. The molecule has 1 aliphatic heterocycles. The molecule has 110 valence electrons. The minimum absolute atomic E-state index is 0.123. The van der Waals surface area contributed by atoms with Crippen molar-refractivity contribution in [2.45, 2.75) is 23.8 Å². The number of nitrogens with zero attached hydrogens (tertiary/aromatic N) is 2. The van der Waals surface area contributed by atoms with Gasteiger partial charge in [0.15, 0.2) is 0 Å². The van der Waals surface area contributed by atoms with Gasteiger partial charge in [-0.25, -0.2) is 13.6 Å². The van der Waals surface area contributed by atoms with Gasteiger partial charge in [0.05, 0.1) is 5.69 Å². The Balaban J connectivity index is 1.83. The Morgan fingerprint density at radius 3 is 2.30 bits per heavy atom. The Hall–Kier alpha value is -1.31. The van der Waals surface area contributed by atoms with Crippen LogP contribution in [0.1, 0.15) is 12.8 Å². The second kappa shape index (κ2) is 4.91. The van der Waals surface area contributed by atoms with Gasteiger partial charge >= 0.3 is 0 Å². The largest absolute Gasteiger partial charge is 0.399 e. The summed E-state index contributed by atoms with van der Waals surface area (Å²) in [5, 5.41) is 5.30. The van der Waals surface area contributed by atoms with Gasteiger partial charge in [0.25, 0.3) is 0 Å². The van der Waals surface area contributed by atoms with Crippen molar-refractivity contribution in [2.75, 3.05) is 36.8 Å². The highest BCUT2D eigenvalue weighted by Gasteiger charge is 2.32. The fourth-order valence-corrected chi connectivity index (χ4v) is 3.58. The van der Waals surface area contributed by atoms with E-state index < -0.39 is 10.0 Å². The first-order valence-electron chi connectivity index (χ1n) is 6.86. The number of benzene rings is 1. The standard InChI is InChI=1S/C13H20N4O2S/c14-10-1-4-12(13(9-10)20(15,18)19)17-7-5-16(6-8-17)11-2-3-11/h1,4,9,11H,2-3,5-8,14H2,(H2,15,18,19). The fraction of sp³-hybridized carbons (Fsp3) is 0.538. The van der Waals surface area contributed by atoms with Crippen molar-refractivity contribution in [2.24, 2.45) is 5.14 Å². The predicted octanol–water partition coefficient (Wildman–Crippen LogP) is 0.201. The van der Waals surface area contributed by atoms with E-state index in [-0.39, 0.29) is 4.90 Å². The molecule has 1 aromatic carbocycles. The monoisotopic (exact) mass is 296 g/mol. The number of primary sulfonamides is 1. The highest BCUT2D eigenvalue weighted by Crippen LogP contribution is 2.31. The van der Waals surface area contributed by atoms with Crippen LogP contribution in [-0.2, 0) is 10.0 Å². The molecule has 0 bridgehead atoms. The normalized spacial score (nSPS) is 21.1. The summed E-state index contributed by atoms with van der Waals surface area (Å²) in [6.07, 6.45) is 2.59. The molecule has 2 fully saturated rings. The van der Waals surface area contributed by atoms with Crippen LogP contribution in [0.2, 0.25) is 0 Å². The molecular weight excluding hydrogens is 276 g/mol. The molecule has 20 heavy (non-hydrogen) atoms. The second-order valence-corrected chi connectivity index (χ2v) is 7.06. The number of anilines is 2. The summed E-state index contributed by atoms with van der Waals surface area (Å²) in [5.41, 5.74) is 6.75. The Labute approximate surface area is 119 Å². The zero-order valence-corrected chi connectivity index (χ0v) is 12.1. The molecule has 0 amide bonds. The first-order chi connectivity index (χ1) is 9.45. The summed E-state index contributed by atoms with van der Waals surface area (Å²) in [6.45, 7) is 3.59. The van der Waals surface area contributed by atoms with Gasteiger partial charge in [0.2, 0.25) is 10.0 Å². The molecule has 4 N–H and O–H groups in total. The van der Waals surface area contributed by atoms with E-state index in [1.807, 2.05) is 0 Å². The van der Waals surface area contributed by atoms with Gasteiger partial charge in [-0.2, -0.15) is 0 Å². The van der Waals surface area contributed by atoms with E-state index in [2.05, 4.69) is 9.80 Å². The van der Waals surface area contributed by atoms with Crippen LogP contribution in [0.25, 0.3) is 0 Å². The lowest BCUT2D eigenvalue weighted by atomic mass is 10.2. The molecule has 1 aromatic rings. The molecule has 0 aromatic heterocycles. The van der Waals surface area contributed by atoms with E-state index in [1.54, 1.807) is 12.1 Å². The third kappa shape index (κ3) is 2.74. The van der Waals surface area contributed by atoms with E-state index in [0.29, 0.717) is 11.4 Å². The first-order valence-corrected chi connectivity index (χ1v) is 8.41. The molecule has 1 saturated carbocycles. The van der Waals surface area contributed by atoms with Crippen molar-refractivity contribution in [3.63, 3.8) is 0 Å². The lowest BCUT2D eigenvalue weighted by Gasteiger charge is -2.36. The lowest BCUT2D eigenvalue weighted by Crippen LogP contribution is -2.47. The molecule has 1 saturated heterocycles. The van der Waals surface area contributed by atoms with Crippen molar-refractivity contribution < 1.29 is 8.42 Å². The van der Waals surface area contributed by atoms with Crippen LogP contribution >= 0.6 is 0 Å². The molecule has 7 heteroatoms. The van der Waals surface area contributed by atoms with Crippen LogP contribution in [0, 0.1) is 0 Å². The Morgan fingerprint density at radius 1 is 1.10 bits per heavy atom. The van der Waals surface area contributed by atoms with Crippen LogP contribution < -0.4 is 15.8 Å². The molecule has 0 spiro atoms. The van der Waals surface area contributed by atoms with E-state index in [9.17, 15) is 8.42 Å². The third-order valence-electron chi connectivity index (χ3n) is 4.01. The molecule has 1 aliphatic carbocycles. The highest BCUT2D eigenvalue weighted by molar-refractivity contribution is 7.89. The third-order valence-corrected chi connectivity index (χ3v) is 4.95. The van der Waals surface area contributed by atoms with Gasteiger partial charge in [0.1, 0.15) is 4.90 Å². The minimum atomic E-state index is -3.76. The predicted molar refractivity (Wildman–Crippen MR) is 79.0 cm³/mol. The molecule has 0 atom stereocenters. The zero-order valence-electron chi connectivity index (χ0n) is 11.3. The van der Waals surface area contributed by atoms with E-state index in [1.165, 1.54) is 18.9 Å². The Morgan fingerprint density at radius 2 is 1.75 bits per heavy atom. The van der Waals surface area contributed by atoms with Gasteiger partial charge in [-0.3, -0.25) is 4.90 Å². The van der Waals surface area contributed by atoms with Gasteiger partial charge in [-0.15, -0.1) is 0 Å². The van der Waals surface area contributed by atoms with Crippen molar-refractivity contribution in [1.29, 1.82) is 0 Å². The maximum Gasteiger partial charge on any atom is 0.240 e. The zero-order chi connectivity index (χ0) is 14.3. The van der Waals surface area contributed by atoms with Gasteiger partial charge in [0, 0.05) is 37.9 Å². The second-order valence-electron chi connectivity index (χ2n) is 5.53. The number of piperazine rings is 1. The molecule has 1 heterocycles. The number of nitrogens with two attached hydrogens (primary N) is 2. The average Bonchev–Trinajstić information content (AvgIpc) is 3.22. The van der Waals surface area contributed by atoms with Crippen LogP contribution in [0.5, 0.6) is 0 Å². The smallest absolute Gasteiger partial charge is 0.240 e. The van der Waals surface area contributed by atoms with Crippen molar-refractivity contribution in [1.82, 2.24) is 4.90 Å². The maximum absolute atomic E-state index is 11.7. The van der Waals surface area contributed by atoms with Crippen molar-refractivity contribution >= 4 is 21.4 Å². The lowest BCUT2D eigenvalue weighted by molar-refractivity contribution is 0.248. The molecular formula is C13H20N4O2S. The van der Waals surface area contributed by atoms with Gasteiger partial charge in [-0.1, -0.05) is 0 Å². The number of hydrogen-bond donors (Lipinski definition) is 2. The summed E-state index contributed by atoms with van der Waals surface area (Å²) in [6, 6.07) is 5.66. The average molecular weight is 296 g/mol. The molecule has 0 unspecified atom stereocenters. The van der Waals surface area contributed by atoms with Gasteiger partial charge in [-0.05, 0) is 31.0 Å². The van der Waals surface area contributed by atoms with E-state index in [0.717, 1.165) is 32.2 Å². The van der Waals surface area contributed by atoms with Crippen LogP contribution in [-0.4, -0.2) is 45.5 Å². The summed E-state index contributed by atoms with van der Waals surface area (Å²) >= 11 is 0. The first kappa shape index (κ1) is 13.7. The van der Waals surface area contributed by atoms with Gasteiger partial charge < -0.3 is 10.6 Å². The Bertz CT molecular complexity index is 605. The summed E-state index contributed by atoms with van der Waals surface area (Å²) in [5.74, 6) is 0. The summed E-state index contributed by atoms with van der Waals surface area (Å²) in [7, 11) is -3.76. The quantitative estimate of drug-likeness (QED) is 0.777. The topological polar surface area (TPSA) is 92.7 Å². The maximum atomic E-state index is 11.7. The number of sulfonamides is 1.